The van der Waals surface area contributed by atoms with Gasteiger partial charge in [0.05, 0.1) is 24.2 Å². The molecule has 2 amide bonds. The summed E-state index contributed by atoms with van der Waals surface area (Å²) in [5.41, 5.74) is 7.22. The van der Waals surface area contributed by atoms with Gasteiger partial charge in [0, 0.05) is 25.2 Å². The Morgan fingerprint density at radius 1 is 1.29 bits per heavy atom. The molecule has 1 aromatic rings. The van der Waals surface area contributed by atoms with Gasteiger partial charge >= 0.3 is 0 Å². The van der Waals surface area contributed by atoms with Gasteiger partial charge in [-0.25, -0.2) is 4.39 Å². The highest BCUT2D eigenvalue weighted by Crippen LogP contribution is 2.48. The van der Waals surface area contributed by atoms with Crippen molar-refractivity contribution in [3.63, 3.8) is 0 Å². The van der Waals surface area contributed by atoms with Gasteiger partial charge < -0.3 is 15.5 Å². The number of nitriles is 1. The van der Waals surface area contributed by atoms with Crippen molar-refractivity contribution < 1.29 is 14.0 Å². The Balaban J connectivity index is 1.25. The van der Waals surface area contributed by atoms with Crippen molar-refractivity contribution in [2.24, 2.45) is 11.7 Å². The zero-order valence-electron chi connectivity index (χ0n) is 17.7. The lowest BCUT2D eigenvalue weighted by molar-refractivity contribution is -0.141. The van der Waals surface area contributed by atoms with E-state index in [1.54, 1.807) is 17.0 Å². The minimum atomic E-state index is -0.727. The molecule has 31 heavy (non-hydrogen) atoms. The van der Waals surface area contributed by atoms with Crippen LogP contribution in [0.15, 0.2) is 24.3 Å². The van der Waals surface area contributed by atoms with Crippen LogP contribution in [0, 0.1) is 23.1 Å². The molecule has 4 aliphatic rings. The first-order valence-electron chi connectivity index (χ1n) is 11.2. The topological polar surface area (TPSA) is 93.7 Å². The molecule has 3 unspecified atom stereocenters. The summed E-state index contributed by atoms with van der Waals surface area (Å²) in [7, 11) is 0. The Morgan fingerprint density at radius 3 is 2.68 bits per heavy atom. The third-order valence-electron chi connectivity index (χ3n) is 7.55. The van der Waals surface area contributed by atoms with Crippen LogP contribution in [-0.2, 0) is 9.59 Å². The molecule has 4 fully saturated rings. The van der Waals surface area contributed by atoms with E-state index < -0.39 is 6.04 Å². The molecule has 164 valence electrons. The van der Waals surface area contributed by atoms with Crippen LogP contribution in [0.5, 0.6) is 0 Å². The first kappa shape index (κ1) is 20.4. The number of rotatable bonds is 6. The standard InChI is InChI=1S/C23H28FN5O2/c1-2-19(13-3-5-15(24)6-4-13)29-17-9-21(23(29)31)27(11-17)12-18(26)22(30)28-16(10-25)7-14-8-20(14)28/h3-6,14,16-21H,2,7-9,11-12,26H2,1H3/t14-,16?,17?,18?,19+,20+,21+/m1/s1. The van der Waals surface area contributed by atoms with Crippen molar-refractivity contribution in [1.82, 2.24) is 14.7 Å². The van der Waals surface area contributed by atoms with E-state index in [0.29, 0.717) is 19.0 Å². The molecule has 3 aliphatic heterocycles. The number of likely N-dealkylation sites (tertiary alicyclic amines) is 3. The molecular weight excluding hydrogens is 397 g/mol. The van der Waals surface area contributed by atoms with Crippen molar-refractivity contribution >= 4 is 11.8 Å². The number of amides is 2. The maximum absolute atomic E-state index is 13.3. The summed E-state index contributed by atoms with van der Waals surface area (Å²) in [6.45, 7) is 3.05. The van der Waals surface area contributed by atoms with E-state index in [0.717, 1.165) is 31.2 Å². The van der Waals surface area contributed by atoms with E-state index in [2.05, 4.69) is 6.07 Å². The van der Waals surface area contributed by atoms with Crippen molar-refractivity contribution in [2.45, 2.75) is 68.9 Å². The van der Waals surface area contributed by atoms with Crippen LogP contribution in [0.25, 0.3) is 0 Å². The number of piperazine rings is 1. The molecule has 8 heteroatoms. The van der Waals surface area contributed by atoms with Crippen LogP contribution >= 0.6 is 0 Å². The lowest BCUT2D eigenvalue weighted by atomic mass is 10.0. The quantitative estimate of drug-likeness (QED) is 0.744. The Bertz CT molecular complexity index is 931. The minimum Gasteiger partial charge on any atom is -0.330 e. The van der Waals surface area contributed by atoms with E-state index in [1.165, 1.54) is 12.1 Å². The van der Waals surface area contributed by atoms with Crippen LogP contribution in [0.3, 0.4) is 0 Å². The number of carbonyl (C=O) groups is 2. The summed E-state index contributed by atoms with van der Waals surface area (Å²) in [6, 6.07) is 7.42. The molecule has 5 rings (SSSR count). The molecule has 0 spiro atoms. The number of piperidine rings is 1. The van der Waals surface area contributed by atoms with E-state index in [4.69, 9.17) is 5.73 Å². The highest BCUT2D eigenvalue weighted by atomic mass is 19.1. The molecule has 1 aliphatic carbocycles. The molecule has 3 saturated heterocycles. The van der Waals surface area contributed by atoms with Gasteiger partial charge in [-0.05, 0) is 49.3 Å². The molecule has 1 aromatic carbocycles. The SMILES string of the molecule is CC[C@@H](c1ccc(F)cc1)N1C(=O)[C@@H]2CC1CN2CC(N)C(=O)N1C(C#N)C[C@@H]2C[C@@H]21. The lowest BCUT2D eigenvalue weighted by Crippen LogP contribution is -2.57. The second-order valence-corrected chi connectivity index (χ2v) is 9.38. The van der Waals surface area contributed by atoms with Gasteiger partial charge in [-0.15, -0.1) is 0 Å². The van der Waals surface area contributed by atoms with Crippen LogP contribution in [-0.4, -0.2) is 69.8 Å². The first-order valence-corrected chi connectivity index (χ1v) is 11.2. The first-order chi connectivity index (χ1) is 14.9. The van der Waals surface area contributed by atoms with Crippen LogP contribution in [0.1, 0.15) is 44.2 Å². The number of hydrogen-bond acceptors (Lipinski definition) is 5. The highest BCUT2D eigenvalue weighted by molar-refractivity contribution is 5.87. The third kappa shape index (κ3) is 3.31. The molecular formula is C23H28FN5O2. The van der Waals surface area contributed by atoms with Crippen molar-refractivity contribution in [3.05, 3.63) is 35.6 Å². The summed E-state index contributed by atoms with van der Waals surface area (Å²) < 4.78 is 13.3. The fraction of sp³-hybridized carbons (Fsp3) is 0.609. The van der Waals surface area contributed by atoms with Gasteiger partial charge in [-0.2, -0.15) is 5.26 Å². The minimum absolute atomic E-state index is 0.0606. The molecule has 7 atom stereocenters. The van der Waals surface area contributed by atoms with Gasteiger partial charge in [0.25, 0.3) is 0 Å². The second-order valence-electron chi connectivity index (χ2n) is 9.38. The maximum Gasteiger partial charge on any atom is 0.242 e. The molecule has 0 radical (unpaired) electrons. The average Bonchev–Trinajstić information content (AvgIpc) is 3.10. The van der Waals surface area contributed by atoms with Gasteiger partial charge in [0.2, 0.25) is 11.8 Å². The van der Waals surface area contributed by atoms with Gasteiger partial charge in [0.15, 0.2) is 0 Å². The molecule has 2 bridgehead atoms. The lowest BCUT2D eigenvalue weighted by Gasteiger charge is -2.39. The summed E-state index contributed by atoms with van der Waals surface area (Å²) >= 11 is 0. The summed E-state index contributed by atoms with van der Waals surface area (Å²) in [6.07, 6.45) is 3.21. The van der Waals surface area contributed by atoms with Crippen molar-refractivity contribution in [3.8, 4) is 6.07 Å². The molecule has 1 saturated carbocycles. The fourth-order valence-electron chi connectivity index (χ4n) is 5.99. The predicted molar refractivity (Wildman–Crippen MR) is 111 cm³/mol. The van der Waals surface area contributed by atoms with E-state index in [1.807, 2.05) is 16.7 Å². The maximum atomic E-state index is 13.3. The monoisotopic (exact) mass is 425 g/mol. The van der Waals surface area contributed by atoms with E-state index in [9.17, 15) is 19.2 Å². The molecule has 0 aromatic heterocycles. The van der Waals surface area contributed by atoms with Crippen LogP contribution in [0.4, 0.5) is 4.39 Å². The van der Waals surface area contributed by atoms with Crippen molar-refractivity contribution in [2.75, 3.05) is 13.1 Å². The van der Waals surface area contributed by atoms with Gasteiger partial charge in [-0.1, -0.05) is 19.1 Å². The Labute approximate surface area is 181 Å². The summed E-state index contributed by atoms with van der Waals surface area (Å²) in [5.74, 6) is 0.0646. The predicted octanol–water partition coefficient (Wildman–Crippen LogP) is 1.40. The number of nitrogens with zero attached hydrogens (tertiary/aromatic N) is 4. The summed E-state index contributed by atoms with van der Waals surface area (Å²) in [4.78, 5) is 31.8. The van der Waals surface area contributed by atoms with Crippen LogP contribution < -0.4 is 5.73 Å². The summed E-state index contributed by atoms with van der Waals surface area (Å²) in [5, 5.41) is 9.36. The molecule has 7 nitrogen and oxygen atoms in total. The largest absolute Gasteiger partial charge is 0.330 e. The van der Waals surface area contributed by atoms with Gasteiger partial charge in [0.1, 0.15) is 11.9 Å². The smallest absolute Gasteiger partial charge is 0.242 e. The van der Waals surface area contributed by atoms with Gasteiger partial charge in [-0.3, -0.25) is 14.5 Å². The molecule has 2 N–H and O–H groups in total. The van der Waals surface area contributed by atoms with Crippen molar-refractivity contribution in [1.29, 1.82) is 5.26 Å². The number of fused-ring (bicyclic) bond motifs is 3. The van der Waals surface area contributed by atoms with E-state index in [-0.39, 0.29) is 47.8 Å². The highest BCUT2D eigenvalue weighted by Gasteiger charge is 2.56. The number of halogens is 1. The normalized spacial score (nSPS) is 33.4. The van der Waals surface area contributed by atoms with E-state index >= 15 is 0 Å². The zero-order valence-corrected chi connectivity index (χ0v) is 17.7. The van der Waals surface area contributed by atoms with Crippen LogP contribution in [0.2, 0.25) is 0 Å². The third-order valence-corrected chi connectivity index (χ3v) is 7.55. The fourth-order valence-corrected chi connectivity index (χ4v) is 5.99. The Morgan fingerprint density at radius 2 is 2.03 bits per heavy atom. The number of carbonyl (C=O) groups excluding carboxylic acids is 2. The number of benzene rings is 1. The Hall–Kier alpha value is -2.50. The number of nitrogens with two attached hydrogens (primary N) is 1. The number of hydrogen-bond donors (Lipinski definition) is 1. The Kier molecular flexibility index (Phi) is 4.98. The second kappa shape index (κ2) is 7.57. The average molecular weight is 426 g/mol. The zero-order chi connectivity index (χ0) is 21.9. The molecule has 3 heterocycles.